The molecule has 0 heterocycles. The van der Waals surface area contributed by atoms with E-state index in [1.807, 2.05) is 19.9 Å². The van der Waals surface area contributed by atoms with Gasteiger partial charge in [0, 0.05) is 6.61 Å². The van der Waals surface area contributed by atoms with E-state index in [9.17, 15) is 9.50 Å². The number of benzene rings is 1. The Morgan fingerprint density at radius 1 is 1.44 bits per heavy atom. The van der Waals surface area contributed by atoms with E-state index in [2.05, 4.69) is 0 Å². The van der Waals surface area contributed by atoms with Gasteiger partial charge in [0.25, 0.3) is 0 Å². The first kappa shape index (κ1) is 13.0. The molecule has 0 aromatic heterocycles. The van der Waals surface area contributed by atoms with E-state index in [1.54, 1.807) is 6.07 Å². The van der Waals surface area contributed by atoms with Gasteiger partial charge >= 0.3 is 0 Å². The van der Waals surface area contributed by atoms with Crippen molar-refractivity contribution in [1.29, 1.82) is 0 Å². The Balaban J connectivity index is 2.86. The second-order valence-corrected chi connectivity index (χ2v) is 4.47. The summed E-state index contributed by atoms with van der Waals surface area (Å²) in [7, 11) is 1.45. The summed E-state index contributed by atoms with van der Waals surface area (Å²) < 4.78 is 18.3. The third kappa shape index (κ3) is 2.95. The molecule has 0 amide bonds. The van der Waals surface area contributed by atoms with Crippen LogP contribution >= 0.6 is 0 Å². The average Bonchev–Trinajstić information content (AvgIpc) is 2.29. The van der Waals surface area contributed by atoms with E-state index in [0.717, 1.165) is 12.0 Å². The van der Waals surface area contributed by atoms with Crippen LogP contribution in [0.3, 0.4) is 0 Å². The molecule has 3 heteroatoms. The zero-order chi connectivity index (χ0) is 12.2. The lowest BCUT2D eigenvalue weighted by atomic mass is 9.82. The highest BCUT2D eigenvalue weighted by Gasteiger charge is 2.21. The van der Waals surface area contributed by atoms with Crippen molar-refractivity contribution in [2.45, 2.75) is 26.7 Å². The van der Waals surface area contributed by atoms with Crippen LogP contribution in [0.1, 0.15) is 25.8 Å². The average molecular weight is 226 g/mol. The quantitative estimate of drug-likeness (QED) is 0.836. The smallest absolute Gasteiger partial charge is 0.165 e. The number of aliphatic hydroxyl groups is 1. The molecule has 0 bridgehead atoms. The van der Waals surface area contributed by atoms with Crippen LogP contribution in [0.5, 0.6) is 5.75 Å². The minimum Gasteiger partial charge on any atom is -0.494 e. The molecular weight excluding hydrogens is 207 g/mol. The van der Waals surface area contributed by atoms with Gasteiger partial charge in [-0.15, -0.1) is 0 Å². The molecule has 90 valence electrons. The van der Waals surface area contributed by atoms with Gasteiger partial charge < -0.3 is 9.84 Å². The standard InChI is InChI=1S/C13H19FO2/c1-4-13(2,9-15)8-10-5-6-12(16-3)11(14)7-10/h5-7,15H,4,8-9H2,1-3H3. The van der Waals surface area contributed by atoms with Crippen LogP contribution in [0.4, 0.5) is 4.39 Å². The molecule has 1 N–H and O–H groups in total. The van der Waals surface area contributed by atoms with Crippen LogP contribution in [0.15, 0.2) is 18.2 Å². The number of rotatable bonds is 5. The Labute approximate surface area is 96.1 Å². The number of halogens is 1. The van der Waals surface area contributed by atoms with Crippen LogP contribution in [0.25, 0.3) is 0 Å². The molecule has 0 aliphatic rings. The molecule has 1 aromatic carbocycles. The van der Waals surface area contributed by atoms with Crippen molar-refractivity contribution in [3.05, 3.63) is 29.6 Å². The van der Waals surface area contributed by atoms with E-state index < -0.39 is 0 Å². The van der Waals surface area contributed by atoms with Gasteiger partial charge in [0.05, 0.1) is 7.11 Å². The third-order valence-corrected chi connectivity index (χ3v) is 3.08. The maximum Gasteiger partial charge on any atom is 0.165 e. The first-order valence-corrected chi connectivity index (χ1v) is 5.48. The SMILES string of the molecule is CCC(C)(CO)Cc1ccc(OC)c(F)c1. The van der Waals surface area contributed by atoms with Crippen molar-refractivity contribution in [3.63, 3.8) is 0 Å². The highest BCUT2D eigenvalue weighted by molar-refractivity contribution is 5.29. The van der Waals surface area contributed by atoms with Crippen LogP contribution in [0.2, 0.25) is 0 Å². The summed E-state index contributed by atoms with van der Waals surface area (Å²) in [6.45, 7) is 4.13. The molecule has 1 rings (SSSR count). The van der Waals surface area contributed by atoms with Gasteiger partial charge in [0.2, 0.25) is 0 Å². The molecule has 16 heavy (non-hydrogen) atoms. The molecule has 0 saturated carbocycles. The Bertz CT molecular complexity index is 346. The summed E-state index contributed by atoms with van der Waals surface area (Å²) in [6, 6.07) is 4.94. The van der Waals surface area contributed by atoms with Gasteiger partial charge in [-0.1, -0.05) is 19.9 Å². The van der Waals surface area contributed by atoms with Crippen LogP contribution in [-0.2, 0) is 6.42 Å². The number of hydrogen-bond acceptors (Lipinski definition) is 2. The number of methoxy groups -OCH3 is 1. The zero-order valence-electron chi connectivity index (χ0n) is 10.1. The van der Waals surface area contributed by atoms with Crippen LogP contribution < -0.4 is 4.74 Å². The summed E-state index contributed by atoms with van der Waals surface area (Å²) in [5.41, 5.74) is 0.706. The normalized spacial score (nSPS) is 14.6. The van der Waals surface area contributed by atoms with E-state index in [0.29, 0.717) is 6.42 Å². The lowest BCUT2D eigenvalue weighted by Gasteiger charge is -2.25. The Hall–Kier alpha value is -1.09. The molecular formula is C13H19FO2. The highest BCUT2D eigenvalue weighted by Crippen LogP contribution is 2.27. The molecule has 0 radical (unpaired) electrons. The van der Waals surface area contributed by atoms with Crippen LogP contribution in [0, 0.1) is 11.2 Å². The van der Waals surface area contributed by atoms with Gasteiger partial charge in [0.1, 0.15) is 0 Å². The van der Waals surface area contributed by atoms with Gasteiger partial charge in [-0.25, -0.2) is 4.39 Å². The molecule has 2 nitrogen and oxygen atoms in total. The fraction of sp³-hybridized carbons (Fsp3) is 0.538. The van der Waals surface area contributed by atoms with Crippen molar-refractivity contribution >= 4 is 0 Å². The lowest BCUT2D eigenvalue weighted by Crippen LogP contribution is -2.23. The van der Waals surface area contributed by atoms with Crippen molar-refractivity contribution in [1.82, 2.24) is 0 Å². The second-order valence-electron chi connectivity index (χ2n) is 4.47. The fourth-order valence-corrected chi connectivity index (χ4v) is 1.61. The summed E-state index contributed by atoms with van der Waals surface area (Å²) in [6.07, 6.45) is 1.53. The zero-order valence-corrected chi connectivity index (χ0v) is 10.1. The number of ether oxygens (including phenoxy) is 1. The largest absolute Gasteiger partial charge is 0.494 e. The van der Waals surface area contributed by atoms with E-state index in [4.69, 9.17) is 4.74 Å². The van der Waals surface area contributed by atoms with Crippen molar-refractivity contribution in [2.75, 3.05) is 13.7 Å². The van der Waals surface area contributed by atoms with E-state index >= 15 is 0 Å². The minimum absolute atomic E-state index is 0.108. The van der Waals surface area contributed by atoms with Crippen LogP contribution in [-0.4, -0.2) is 18.8 Å². The molecule has 0 aliphatic carbocycles. The third-order valence-electron chi connectivity index (χ3n) is 3.08. The minimum atomic E-state index is -0.351. The first-order chi connectivity index (χ1) is 7.54. The number of aliphatic hydroxyl groups excluding tert-OH is 1. The Morgan fingerprint density at radius 3 is 2.56 bits per heavy atom. The lowest BCUT2D eigenvalue weighted by molar-refractivity contribution is 0.137. The van der Waals surface area contributed by atoms with Crippen molar-refractivity contribution in [2.24, 2.45) is 5.41 Å². The summed E-state index contributed by atoms with van der Waals surface area (Å²) in [5, 5.41) is 9.30. The first-order valence-electron chi connectivity index (χ1n) is 5.48. The second kappa shape index (κ2) is 5.30. The van der Waals surface area contributed by atoms with Gasteiger partial charge in [-0.2, -0.15) is 0 Å². The molecule has 0 fully saturated rings. The summed E-state index contributed by atoms with van der Waals surface area (Å²) in [4.78, 5) is 0. The maximum absolute atomic E-state index is 13.4. The molecule has 0 saturated heterocycles. The predicted molar refractivity (Wildman–Crippen MR) is 62.1 cm³/mol. The van der Waals surface area contributed by atoms with Crippen molar-refractivity contribution in [3.8, 4) is 5.75 Å². The predicted octanol–water partition coefficient (Wildman–Crippen LogP) is 2.79. The summed E-state index contributed by atoms with van der Waals surface area (Å²) >= 11 is 0. The topological polar surface area (TPSA) is 29.5 Å². The summed E-state index contributed by atoms with van der Waals surface area (Å²) in [5.74, 6) is -0.0951. The number of hydrogen-bond donors (Lipinski definition) is 1. The van der Waals surface area contributed by atoms with Gasteiger partial charge in [-0.05, 0) is 36.0 Å². The molecule has 0 aliphatic heterocycles. The van der Waals surface area contributed by atoms with E-state index in [1.165, 1.54) is 13.2 Å². The molecule has 1 unspecified atom stereocenters. The van der Waals surface area contributed by atoms with Gasteiger partial charge in [-0.3, -0.25) is 0 Å². The molecule has 0 spiro atoms. The van der Waals surface area contributed by atoms with Crippen molar-refractivity contribution < 1.29 is 14.2 Å². The maximum atomic E-state index is 13.4. The Morgan fingerprint density at radius 2 is 2.12 bits per heavy atom. The monoisotopic (exact) mass is 226 g/mol. The fourth-order valence-electron chi connectivity index (χ4n) is 1.61. The highest BCUT2D eigenvalue weighted by atomic mass is 19.1. The van der Waals surface area contributed by atoms with E-state index in [-0.39, 0.29) is 23.6 Å². The van der Waals surface area contributed by atoms with Gasteiger partial charge in [0.15, 0.2) is 11.6 Å². The Kier molecular flexibility index (Phi) is 4.30. The molecule has 1 aromatic rings. The molecule has 1 atom stereocenters.